The van der Waals surface area contributed by atoms with Crippen LogP contribution in [-0.2, 0) is 16.5 Å². The molecule has 1 aliphatic heterocycles. The van der Waals surface area contributed by atoms with E-state index in [4.69, 9.17) is 13.9 Å². The normalized spacial score (nSPS) is 20.6. The Kier molecular flexibility index (Phi) is 4.61. The van der Waals surface area contributed by atoms with Gasteiger partial charge in [0.25, 0.3) is 6.01 Å². The van der Waals surface area contributed by atoms with Crippen molar-refractivity contribution in [3.8, 4) is 0 Å². The molecule has 3 heterocycles. The van der Waals surface area contributed by atoms with Crippen molar-refractivity contribution < 1.29 is 18.7 Å². The van der Waals surface area contributed by atoms with Crippen LogP contribution in [-0.4, -0.2) is 40.5 Å². The van der Waals surface area contributed by atoms with Crippen molar-refractivity contribution in [2.24, 2.45) is 13.0 Å². The third-order valence-corrected chi connectivity index (χ3v) is 3.86. The maximum Gasteiger partial charge on any atom is 0.376 e. The number of nitrogens with zero attached hydrogens (tertiary/aromatic N) is 3. The smallest absolute Gasteiger partial charge is 0.376 e. The van der Waals surface area contributed by atoms with Crippen LogP contribution < -0.4 is 5.32 Å². The van der Waals surface area contributed by atoms with Crippen molar-refractivity contribution in [2.45, 2.75) is 19.4 Å². The minimum absolute atomic E-state index is 0.00510. The van der Waals surface area contributed by atoms with E-state index in [1.165, 1.54) is 6.20 Å². The van der Waals surface area contributed by atoms with Crippen LogP contribution >= 0.6 is 0 Å². The number of anilines is 1. The highest BCUT2D eigenvalue weighted by molar-refractivity contribution is 5.86. The minimum Gasteiger partial charge on any atom is -0.460 e. The van der Waals surface area contributed by atoms with E-state index in [2.05, 4.69) is 15.4 Å². The van der Waals surface area contributed by atoms with Crippen LogP contribution in [0.4, 0.5) is 6.01 Å². The standard InChI is InChI=1S/C15H20N4O4/c1-3-21-14(20)12-9-17-15(23-12)16-8-10-5-7-22-13(10)11-4-6-18-19(11)2/h4,6,9-10,13H,3,5,7-8H2,1-2H3,(H,16,17)/t10-,13+/m0/s1. The number of aromatic nitrogens is 3. The summed E-state index contributed by atoms with van der Waals surface area (Å²) in [6.45, 7) is 3.39. The average molecular weight is 320 g/mol. The van der Waals surface area contributed by atoms with Gasteiger partial charge in [-0.1, -0.05) is 0 Å². The van der Waals surface area contributed by atoms with Crippen LogP contribution in [0.15, 0.2) is 22.9 Å². The zero-order valence-corrected chi connectivity index (χ0v) is 13.2. The molecule has 8 nitrogen and oxygen atoms in total. The molecule has 2 atom stereocenters. The van der Waals surface area contributed by atoms with E-state index in [1.807, 2.05) is 17.8 Å². The Morgan fingerprint density at radius 2 is 2.43 bits per heavy atom. The molecule has 3 rings (SSSR count). The Morgan fingerprint density at radius 3 is 3.17 bits per heavy atom. The van der Waals surface area contributed by atoms with Gasteiger partial charge in [0, 0.05) is 32.3 Å². The first-order valence-corrected chi connectivity index (χ1v) is 7.65. The number of oxazole rings is 1. The van der Waals surface area contributed by atoms with Gasteiger partial charge < -0.3 is 19.2 Å². The number of nitrogens with one attached hydrogen (secondary N) is 1. The van der Waals surface area contributed by atoms with Crippen molar-refractivity contribution in [3.63, 3.8) is 0 Å². The van der Waals surface area contributed by atoms with E-state index < -0.39 is 5.97 Å². The van der Waals surface area contributed by atoms with Gasteiger partial charge in [0.05, 0.1) is 18.5 Å². The Hall–Kier alpha value is -2.35. The van der Waals surface area contributed by atoms with Crippen LogP contribution in [0.3, 0.4) is 0 Å². The van der Waals surface area contributed by atoms with Crippen molar-refractivity contribution in [2.75, 3.05) is 25.1 Å². The van der Waals surface area contributed by atoms with Gasteiger partial charge in [0.1, 0.15) is 6.10 Å². The Bertz CT molecular complexity index is 666. The number of rotatable bonds is 6. The summed E-state index contributed by atoms with van der Waals surface area (Å²) in [7, 11) is 1.90. The molecule has 8 heteroatoms. The lowest BCUT2D eigenvalue weighted by Gasteiger charge is -2.18. The van der Waals surface area contributed by atoms with E-state index in [0.717, 1.165) is 12.1 Å². The summed E-state index contributed by atoms with van der Waals surface area (Å²) in [5.41, 5.74) is 1.05. The monoisotopic (exact) mass is 320 g/mol. The van der Waals surface area contributed by atoms with Gasteiger partial charge in [-0.15, -0.1) is 0 Å². The number of hydrogen-bond acceptors (Lipinski definition) is 7. The SMILES string of the molecule is CCOC(=O)c1cnc(NC[C@@H]2CCO[C@H]2c2ccnn2C)o1. The predicted octanol–water partition coefficient (Wildman–Crippen LogP) is 1.77. The van der Waals surface area contributed by atoms with E-state index >= 15 is 0 Å². The lowest BCUT2D eigenvalue weighted by atomic mass is 9.99. The second-order valence-electron chi connectivity index (χ2n) is 5.35. The number of esters is 1. The predicted molar refractivity (Wildman–Crippen MR) is 81.0 cm³/mol. The first-order chi connectivity index (χ1) is 11.2. The van der Waals surface area contributed by atoms with Crippen LogP contribution in [0.2, 0.25) is 0 Å². The van der Waals surface area contributed by atoms with Crippen LogP contribution in [0.1, 0.15) is 35.7 Å². The molecule has 2 aromatic heterocycles. The molecule has 0 bridgehead atoms. The highest BCUT2D eigenvalue weighted by atomic mass is 16.5. The number of carbonyl (C=O) groups excluding carboxylic acids is 1. The second-order valence-corrected chi connectivity index (χ2v) is 5.35. The molecule has 23 heavy (non-hydrogen) atoms. The summed E-state index contributed by atoms with van der Waals surface area (Å²) in [5, 5.41) is 7.31. The van der Waals surface area contributed by atoms with Gasteiger partial charge in [0.15, 0.2) is 0 Å². The van der Waals surface area contributed by atoms with Gasteiger partial charge in [-0.3, -0.25) is 4.68 Å². The molecule has 124 valence electrons. The molecule has 1 N–H and O–H groups in total. The fourth-order valence-electron chi connectivity index (χ4n) is 2.70. The van der Waals surface area contributed by atoms with E-state index in [1.54, 1.807) is 13.1 Å². The lowest BCUT2D eigenvalue weighted by Crippen LogP contribution is -2.19. The summed E-state index contributed by atoms with van der Waals surface area (Å²) in [4.78, 5) is 15.6. The van der Waals surface area contributed by atoms with E-state index in [9.17, 15) is 4.79 Å². The zero-order valence-electron chi connectivity index (χ0n) is 13.2. The van der Waals surface area contributed by atoms with Crippen molar-refractivity contribution in [1.29, 1.82) is 0 Å². The molecule has 0 radical (unpaired) electrons. The topological polar surface area (TPSA) is 91.4 Å². The van der Waals surface area contributed by atoms with Crippen LogP contribution in [0, 0.1) is 5.92 Å². The summed E-state index contributed by atoms with van der Waals surface area (Å²) in [5.74, 6) is -0.131. The van der Waals surface area contributed by atoms with Crippen molar-refractivity contribution >= 4 is 12.0 Å². The average Bonchev–Trinajstić information content (AvgIpc) is 3.25. The molecule has 0 unspecified atom stereocenters. The summed E-state index contributed by atoms with van der Waals surface area (Å²) in [6.07, 6.45) is 4.06. The number of ether oxygens (including phenoxy) is 2. The minimum atomic E-state index is -0.509. The van der Waals surface area contributed by atoms with Crippen LogP contribution in [0.5, 0.6) is 0 Å². The maximum atomic E-state index is 11.5. The first kappa shape index (κ1) is 15.5. The molecular formula is C15H20N4O4. The highest BCUT2D eigenvalue weighted by Gasteiger charge is 2.31. The van der Waals surface area contributed by atoms with Crippen molar-refractivity contribution in [3.05, 3.63) is 29.9 Å². The molecule has 2 aromatic rings. The van der Waals surface area contributed by atoms with Gasteiger partial charge in [-0.2, -0.15) is 5.10 Å². The quantitative estimate of drug-likeness (QED) is 0.811. The Labute approximate surface area is 133 Å². The second kappa shape index (κ2) is 6.82. The first-order valence-electron chi connectivity index (χ1n) is 7.65. The summed E-state index contributed by atoms with van der Waals surface area (Å²) in [6, 6.07) is 2.27. The molecule has 1 aliphatic rings. The third-order valence-electron chi connectivity index (χ3n) is 3.86. The van der Waals surface area contributed by atoms with Gasteiger partial charge in [-0.25, -0.2) is 9.78 Å². The zero-order chi connectivity index (χ0) is 16.2. The molecule has 0 aromatic carbocycles. The van der Waals surface area contributed by atoms with Crippen LogP contribution in [0.25, 0.3) is 0 Å². The summed E-state index contributed by atoms with van der Waals surface area (Å²) < 4.78 is 17.9. The molecular weight excluding hydrogens is 300 g/mol. The Balaban J connectivity index is 1.60. The maximum absolute atomic E-state index is 11.5. The third kappa shape index (κ3) is 3.37. The van der Waals surface area contributed by atoms with E-state index in [-0.39, 0.29) is 17.8 Å². The molecule has 1 fully saturated rings. The summed E-state index contributed by atoms with van der Waals surface area (Å²) >= 11 is 0. The van der Waals surface area contributed by atoms with Gasteiger partial charge >= 0.3 is 5.97 Å². The fraction of sp³-hybridized carbons (Fsp3) is 0.533. The lowest BCUT2D eigenvalue weighted by molar-refractivity contribution is 0.0491. The molecule has 0 saturated carbocycles. The number of aryl methyl sites for hydroxylation is 1. The van der Waals surface area contributed by atoms with Crippen molar-refractivity contribution in [1.82, 2.24) is 14.8 Å². The molecule has 1 saturated heterocycles. The number of hydrogen-bond donors (Lipinski definition) is 1. The number of carbonyl (C=O) groups is 1. The van der Waals surface area contributed by atoms with Gasteiger partial charge in [0.2, 0.25) is 5.76 Å². The molecule has 0 amide bonds. The molecule has 0 spiro atoms. The van der Waals surface area contributed by atoms with Gasteiger partial charge in [-0.05, 0) is 19.4 Å². The highest BCUT2D eigenvalue weighted by Crippen LogP contribution is 2.34. The van der Waals surface area contributed by atoms with E-state index in [0.29, 0.717) is 25.8 Å². The largest absolute Gasteiger partial charge is 0.460 e. The fourth-order valence-corrected chi connectivity index (χ4v) is 2.70. The Morgan fingerprint density at radius 1 is 1.57 bits per heavy atom. The molecule has 0 aliphatic carbocycles.